The van der Waals surface area contributed by atoms with E-state index in [0.29, 0.717) is 0 Å². The molecule has 0 aliphatic rings. The summed E-state index contributed by atoms with van der Waals surface area (Å²) >= 11 is 0. The zero-order valence-electron chi connectivity index (χ0n) is 14.7. The van der Waals surface area contributed by atoms with Crippen LogP contribution in [-0.2, 0) is 19.7 Å². The summed E-state index contributed by atoms with van der Waals surface area (Å²) in [5.41, 5.74) is 1.91. The van der Waals surface area contributed by atoms with E-state index in [0.717, 1.165) is 11.1 Å². The third-order valence-electron chi connectivity index (χ3n) is 4.10. The second-order valence-corrected chi connectivity index (χ2v) is 10.7. The van der Waals surface area contributed by atoms with Gasteiger partial charge in [-0.1, -0.05) is 35.4 Å². The van der Waals surface area contributed by atoms with Crippen LogP contribution in [0, 0.1) is 13.8 Å². The van der Waals surface area contributed by atoms with Gasteiger partial charge in [-0.3, -0.25) is 5.32 Å². The van der Waals surface area contributed by atoms with Gasteiger partial charge in [-0.05, 0) is 52.0 Å². The Kier molecular flexibility index (Phi) is 5.71. The van der Waals surface area contributed by atoms with Gasteiger partial charge in [-0.25, -0.2) is 16.8 Å². The minimum absolute atomic E-state index is 0.165. The van der Waals surface area contributed by atoms with Crippen molar-refractivity contribution < 1.29 is 16.8 Å². The molecule has 0 heterocycles. The van der Waals surface area contributed by atoms with Crippen molar-refractivity contribution >= 4 is 19.7 Å². The Balaban J connectivity index is 2.22. The highest BCUT2D eigenvalue weighted by Gasteiger charge is 2.30. The summed E-state index contributed by atoms with van der Waals surface area (Å²) in [4.78, 5) is 0.330. The van der Waals surface area contributed by atoms with Crippen molar-refractivity contribution in [1.82, 2.24) is 5.32 Å². The lowest BCUT2D eigenvalue weighted by atomic mass is 10.2. The fourth-order valence-corrected chi connectivity index (χ4v) is 5.07. The highest BCUT2D eigenvalue weighted by Crippen LogP contribution is 2.19. The van der Waals surface area contributed by atoms with Crippen molar-refractivity contribution in [3.05, 3.63) is 59.7 Å². The molecule has 7 heteroatoms. The molecular formula is C18H23NO4S2. The number of nitrogens with one attached hydrogen (secondary N) is 1. The van der Waals surface area contributed by atoms with Crippen molar-refractivity contribution in [1.29, 1.82) is 0 Å². The Morgan fingerprint density at radius 2 is 0.920 bits per heavy atom. The average molecular weight is 382 g/mol. The molecule has 0 saturated carbocycles. The predicted octanol–water partition coefficient (Wildman–Crippen LogP) is 2.83. The monoisotopic (exact) mass is 381 g/mol. The first-order valence-electron chi connectivity index (χ1n) is 7.92. The minimum atomic E-state index is -3.68. The molecule has 2 unspecified atom stereocenters. The van der Waals surface area contributed by atoms with E-state index in [9.17, 15) is 16.8 Å². The second-order valence-electron chi connectivity index (χ2n) is 6.17. The number of hydrogen-bond donors (Lipinski definition) is 1. The van der Waals surface area contributed by atoms with Gasteiger partial charge in [0.1, 0.15) is 10.7 Å². The molecule has 25 heavy (non-hydrogen) atoms. The molecule has 136 valence electrons. The van der Waals surface area contributed by atoms with Crippen LogP contribution in [0.25, 0.3) is 0 Å². The number of sulfone groups is 2. The molecule has 0 spiro atoms. The average Bonchev–Trinajstić information content (AvgIpc) is 2.55. The summed E-state index contributed by atoms with van der Waals surface area (Å²) in [6, 6.07) is 13.0. The van der Waals surface area contributed by atoms with Gasteiger partial charge in [0.05, 0.1) is 9.79 Å². The molecule has 0 amide bonds. The van der Waals surface area contributed by atoms with Crippen LogP contribution in [0.4, 0.5) is 0 Å². The quantitative estimate of drug-likeness (QED) is 0.832. The van der Waals surface area contributed by atoms with E-state index >= 15 is 0 Å². The fourth-order valence-electron chi connectivity index (χ4n) is 2.37. The van der Waals surface area contributed by atoms with Gasteiger partial charge in [0.15, 0.2) is 19.7 Å². The van der Waals surface area contributed by atoms with E-state index in [2.05, 4.69) is 5.32 Å². The molecule has 0 aliphatic carbocycles. The smallest absolute Gasteiger partial charge is 0.193 e. The van der Waals surface area contributed by atoms with E-state index in [4.69, 9.17) is 0 Å². The van der Waals surface area contributed by atoms with Gasteiger partial charge in [-0.15, -0.1) is 0 Å². The SMILES string of the molecule is Cc1ccc(S(=O)(=O)C(C)NC(C)S(=O)(=O)c2ccc(C)cc2)cc1. The molecule has 1 N–H and O–H groups in total. The van der Waals surface area contributed by atoms with Crippen molar-refractivity contribution in [3.8, 4) is 0 Å². The minimum Gasteiger partial charge on any atom is -0.285 e. The van der Waals surface area contributed by atoms with Gasteiger partial charge < -0.3 is 0 Å². The van der Waals surface area contributed by atoms with Crippen LogP contribution in [-0.4, -0.2) is 27.6 Å². The van der Waals surface area contributed by atoms with Gasteiger partial charge in [0.2, 0.25) is 0 Å². The van der Waals surface area contributed by atoms with Crippen molar-refractivity contribution in [3.63, 3.8) is 0 Å². The van der Waals surface area contributed by atoms with Crippen LogP contribution in [0.3, 0.4) is 0 Å². The zero-order chi connectivity index (χ0) is 18.8. The first-order valence-corrected chi connectivity index (χ1v) is 11.0. The lowest BCUT2D eigenvalue weighted by Gasteiger charge is -2.21. The molecule has 2 aromatic carbocycles. The highest BCUT2D eigenvalue weighted by atomic mass is 32.2. The molecule has 2 atom stereocenters. The molecule has 0 radical (unpaired) electrons. The largest absolute Gasteiger partial charge is 0.285 e. The second kappa shape index (κ2) is 7.27. The van der Waals surface area contributed by atoms with Crippen LogP contribution in [0.5, 0.6) is 0 Å². The summed E-state index contributed by atoms with van der Waals surface area (Å²) in [5, 5.41) is 0.637. The van der Waals surface area contributed by atoms with E-state index in [1.165, 1.54) is 38.1 Å². The van der Waals surface area contributed by atoms with Crippen molar-refractivity contribution in [2.45, 2.75) is 48.2 Å². The van der Waals surface area contributed by atoms with Gasteiger partial charge in [0, 0.05) is 0 Å². The standard InChI is InChI=1S/C18H23NO4S2/c1-13-5-9-17(10-6-13)24(20,21)15(3)19-16(4)25(22,23)18-11-7-14(2)8-12-18/h5-12,15-16,19H,1-4H3. The number of aryl methyl sites for hydroxylation is 2. The van der Waals surface area contributed by atoms with Gasteiger partial charge in [-0.2, -0.15) is 0 Å². The maximum absolute atomic E-state index is 12.6. The lowest BCUT2D eigenvalue weighted by molar-refractivity contribution is 0.535. The van der Waals surface area contributed by atoms with E-state index in [1.54, 1.807) is 24.3 Å². The summed E-state index contributed by atoms with van der Waals surface area (Å²) in [6.07, 6.45) is 0. The summed E-state index contributed by atoms with van der Waals surface area (Å²) in [6.45, 7) is 6.65. The predicted molar refractivity (Wildman–Crippen MR) is 98.8 cm³/mol. The normalized spacial score (nSPS) is 14.9. The Hall–Kier alpha value is -1.70. The summed E-state index contributed by atoms with van der Waals surface area (Å²) in [7, 11) is -7.35. The topological polar surface area (TPSA) is 80.3 Å². The maximum atomic E-state index is 12.6. The van der Waals surface area contributed by atoms with E-state index < -0.39 is 30.4 Å². The lowest BCUT2D eigenvalue weighted by Crippen LogP contribution is -2.43. The Labute approximate surface area is 149 Å². The van der Waals surface area contributed by atoms with Crippen LogP contribution in [0.1, 0.15) is 25.0 Å². The van der Waals surface area contributed by atoms with Gasteiger partial charge in [0.25, 0.3) is 0 Å². The third kappa shape index (κ3) is 4.29. The molecule has 2 rings (SSSR count). The molecule has 5 nitrogen and oxygen atoms in total. The summed E-state index contributed by atoms with van der Waals surface area (Å²) < 4.78 is 50.5. The van der Waals surface area contributed by atoms with Gasteiger partial charge >= 0.3 is 0 Å². The number of rotatable bonds is 6. The molecular weight excluding hydrogens is 358 g/mol. The van der Waals surface area contributed by atoms with Crippen LogP contribution >= 0.6 is 0 Å². The molecule has 0 fully saturated rings. The Morgan fingerprint density at radius 1 is 0.640 bits per heavy atom. The molecule has 0 saturated heterocycles. The van der Waals surface area contributed by atoms with E-state index in [1.807, 2.05) is 13.8 Å². The third-order valence-corrected chi connectivity index (χ3v) is 8.09. The first-order chi connectivity index (χ1) is 11.5. The number of benzene rings is 2. The van der Waals surface area contributed by atoms with E-state index in [-0.39, 0.29) is 9.79 Å². The Morgan fingerprint density at radius 3 is 1.20 bits per heavy atom. The van der Waals surface area contributed by atoms with Crippen molar-refractivity contribution in [2.24, 2.45) is 0 Å². The number of hydrogen-bond acceptors (Lipinski definition) is 5. The summed E-state index contributed by atoms with van der Waals surface area (Å²) in [5.74, 6) is 0. The maximum Gasteiger partial charge on any atom is 0.193 e. The fraction of sp³-hybridized carbons (Fsp3) is 0.333. The zero-order valence-corrected chi connectivity index (χ0v) is 16.4. The van der Waals surface area contributed by atoms with Crippen molar-refractivity contribution in [2.75, 3.05) is 0 Å². The molecule has 0 bridgehead atoms. The first kappa shape index (κ1) is 19.6. The Bertz CT molecular complexity index is 852. The van der Waals surface area contributed by atoms with Crippen LogP contribution in [0.15, 0.2) is 58.3 Å². The van der Waals surface area contributed by atoms with Crippen LogP contribution in [0.2, 0.25) is 0 Å². The molecule has 2 aromatic rings. The molecule has 0 aromatic heterocycles. The van der Waals surface area contributed by atoms with Crippen LogP contribution < -0.4 is 5.32 Å². The highest BCUT2D eigenvalue weighted by molar-refractivity contribution is 7.93. The molecule has 0 aliphatic heterocycles.